The van der Waals surface area contributed by atoms with Crippen LogP contribution in [0.4, 0.5) is 5.69 Å². The zero-order valence-electron chi connectivity index (χ0n) is 11.6. The molecule has 0 atom stereocenters. The molecule has 2 aromatic heterocycles. The van der Waals surface area contributed by atoms with Crippen LogP contribution in [0.25, 0.3) is 21.9 Å². The van der Waals surface area contributed by atoms with Gasteiger partial charge in [0.15, 0.2) is 0 Å². The van der Waals surface area contributed by atoms with Crippen molar-refractivity contribution in [3.63, 3.8) is 0 Å². The molecule has 2 aromatic carbocycles. The fourth-order valence-electron chi connectivity index (χ4n) is 2.48. The predicted octanol–water partition coefficient (Wildman–Crippen LogP) is 3.36. The number of H-pyrrole nitrogens is 1. The Balaban J connectivity index is 1.71. The Labute approximate surface area is 126 Å². The summed E-state index contributed by atoms with van der Waals surface area (Å²) in [5, 5.41) is 3.86. The molecule has 0 saturated heterocycles. The zero-order valence-corrected chi connectivity index (χ0v) is 11.6. The van der Waals surface area contributed by atoms with Crippen LogP contribution in [-0.2, 0) is 0 Å². The molecule has 106 valence electrons. The van der Waals surface area contributed by atoms with Crippen molar-refractivity contribution < 1.29 is 4.79 Å². The number of amides is 1. The number of pyridine rings is 1. The van der Waals surface area contributed by atoms with E-state index in [0.717, 1.165) is 27.6 Å². The molecule has 5 nitrogen and oxygen atoms in total. The van der Waals surface area contributed by atoms with Gasteiger partial charge in [0.05, 0.1) is 28.6 Å². The Bertz CT molecular complexity index is 985. The van der Waals surface area contributed by atoms with Gasteiger partial charge in [0.1, 0.15) is 0 Å². The lowest BCUT2D eigenvalue weighted by molar-refractivity contribution is 0.102. The van der Waals surface area contributed by atoms with Crippen LogP contribution in [0.1, 0.15) is 10.4 Å². The van der Waals surface area contributed by atoms with Crippen LogP contribution in [0.15, 0.2) is 61.1 Å². The first-order chi connectivity index (χ1) is 10.8. The summed E-state index contributed by atoms with van der Waals surface area (Å²) in [7, 11) is 0. The molecule has 0 fully saturated rings. The van der Waals surface area contributed by atoms with Gasteiger partial charge in [-0.2, -0.15) is 0 Å². The number of carbonyl (C=O) groups excluding carboxylic acids is 1. The van der Waals surface area contributed by atoms with Crippen LogP contribution in [0.3, 0.4) is 0 Å². The predicted molar refractivity (Wildman–Crippen MR) is 85.8 cm³/mol. The molecule has 0 unspecified atom stereocenters. The van der Waals surface area contributed by atoms with Crippen molar-refractivity contribution in [3.8, 4) is 0 Å². The van der Waals surface area contributed by atoms with Crippen LogP contribution < -0.4 is 5.32 Å². The molecule has 0 aliphatic heterocycles. The van der Waals surface area contributed by atoms with Gasteiger partial charge in [0.2, 0.25) is 0 Å². The first kappa shape index (κ1) is 12.5. The Morgan fingerprint density at radius 2 is 1.95 bits per heavy atom. The Morgan fingerprint density at radius 3 is 2.91 bits per heavy atom. The molecule has 1 amide bonds. The highest BCUT2D eigenvalue weighted by molar-refractivity contribution is 6.09. The van der Waals surface area contributed by atoms with Crippen molar-refractivity contribution in [2.75, 3.05) is 5.32 Å². The van der Waals surface area contributed by atoms with Gasteiger partial charge in [-0.05, 0) is 42.5 Å². The van der Waals surface area contributed by atoms with Crippen LogP contribution in [-0.4, -0.2) is 20.9 Å². The molecule has 4 aromatic rings. The Kier molecular flexibility index (Phi) is 2.83. The average Bonchev–Trinajstić information content (AvgIpc) is 3.02. The number of nitrogens with one attached hydrogen (secondary N) is 2. The number of rotatable bonds is 2. The zero-order chi connectivity index (χ0) is 14.9. The maximum absolute atomic E-state index is 12.5. The third kappa shape index (κ3) is 2.09. The SMILES string of the molecule is O=C(Nc1cccc2ncccc12)c1ccc2nc[nH]c2c1. The molecule has 2 N–H and O–H groups in total. The largest absolute Gasteiger partial charge is 0.345 e. The molecule has 0 spiro atoms. The van der Waals surface area contributed by atoms with Gasteiger partial charge in [-0.1, -0.05) is 6.07 Å². The highest BCUT2D eigenvalue weighted by atomic mass is 16.1. The molecule has 0 saturated carbocycles. The lowest BCUT2D eigenvalue weighted by Crippen LogP contribution is -2.12. The molecule has 22 heavy (non-hydrogen) atoms. The summed E-state index contributed by atoms with van der Waals surface area (Å²) in [5.74, 6) is -0.159. The lowest BCUT2D eigenvalue weighted by atomic mass is 10.1. The van der Waals surface area contributed by atoms with Gasteiger partial charge in [-0.25, -0.2) is 4.98 Å². The second kappa shape index (κ2) is 4.96. The molecule has 2 heterocycles. The minimum atomic E-state index is -0.159. The van der Waals surface area contributed by atoms with Crippen molar-refractivity contribution in [1.82, 2.24) is 15.0 Å². The number of hydrogen-bond donors (Lipinski definition) is 2. The summed E-state index contributed by atoms with van der Waals surface area (Å²) >= 11 is 0. The lowest BCUT2D eigenvalue weighted by Gasteiger charge is -2.08. The summed E-state index contributed by atoms with van der Waals surface area (Å²) in [6.07, 6.45) is 3.35. The van der Waals surface area contributed by atoms with Gasteiger partial charge >= 0.3 is 0 Å². The van der Waals surface area contributed by atoms with E-state index in [0.29, 0.717) is 5.56 Å². The quantitative estimate of drug-likeness (QED) is 0.594. The molecule has 0 bridgehead atoms. The number of nitrogens with zero attached hydrogens (tertiary/aromatic N) is 2. The molecule has 0 aliphatic carbocycles. The fourth-order valence-corrected chi connectivity index (χ4v) is 2.48. The van der Waals surface area contributed by atoms with E-state index >= 15 is 0 Å². The Hall–Kier alpha value is -3.21. The fraction of sp³-hybridized carbons (Fsp3) is 0. The minimum absolute atomic E-state index is 0.159. The van der Waals surface area contributed by atoms with E-state index in [1.54, 1.807) is 24.7 Å². The molecular weight excluding hydrogens is 276 g/mol. The summed E-state index contributed by atoms with van der Waals surface area (Å²) in [4.78, 5) is 23.9. The highest BCUT2D eigenvalue weighted by Crippen LogP contribution is 2.22. The van der Waals surface area contributed by atoms with Crippen LogP contribution in [0, 0.1) is 0 Å². The summed E-state index contributed by atoms with van der Waals surface area (Å²) in [6, 6.07) is 14.8. The monoisotopic (exact) mass is 288 g/mol. The van der Waals surface area contributed by atoms with E-state index in [9.17, 15) is 4.79 Å². The number of aromatic nitrogens is 3. The second-order valence-electron chi connectivity index (χ2n) is 4.96. The van der Waals surface area contributed by atoms with Crippen LogP contribution in [0.5, 0.6) is 0 Å². The molecular formula is C17H12N4O. The third-order valence-corrected chi connectivity index (χ3v) is 3.58. The summed E-state index contributed by atoms with van der Waals surface area (Å²) < 4.78 is 0. The maximum atomic E-state index is 12.5. The van der Waals surface area contributed by atoms with Crippen molar-refractivity contribution in [2.24, 2.45) is 0 Å². The van der Waals surface area contributed by atoms with Crippen LogP contribution in [0.2, 0.25) is 0 Å². The van der Waals surface area contributed by atoms with Crippen molar-refractivity contribution in [3.05, 3.63) is 66.6 Å². The van der Waals surface area contributed by atoms with Crippen molar-refractivity contribution in [2.45, 2.75) is 0 Å². The molecule has 0 aliphatic rings. The third-order valence-electron chi connectivity index (χ3n) is 3.58. The topological polar surface area (TPSA) is 70.7 Å². The van der Waals surface area contributed by atoms with Gasteiger partial charge in [0.25, 0.3) is 5.91 Å². The molecule has 4 rings (SSSR count). The van der Waals surface area contributed by atoms with Gasteiger partial charge in [0, 0.05) is 17.1 Å². The maximum Gasteiger partial charge on any atom is 0.255 e. The first-order valence-electron chi connectivity index (χ1n) is 6.89. The van der Waals surface area contributed by atoms with E-state index in [2.05, 4.69) is 20.3 Å². The Morgan fingerprint density at radius 1 is 1.00 bits per heavy atom. The van der Waals surface area contributed by atoms with E-state index in [1.807, 2.05) is 36.4 Å². The number of aromatic amines is 1. The molecule has 0 radical (unpaired) electrons. The summed E-state index contributed by atoms with van der Waals surface area (Å²) in [6.45, 7) is 0. The number of anilines is 1. The van der Waals surface area contributed by atoms with Gasteiger partial charge in [-0.3, -0.25) is 9.78 Å². The molecule has 5 heteroatoms. The van der Waals surface area contributed by atoms with Crippen LogP contribution >= 0.6 is 0 Å². The average molecular weight is 288 g/mol. The number of fused-ring (bicyclic) bond motifs is 2. The number of benzene rings is 2. The van der Waals surface area contributed by atoms with E-state index in [4.69, 9.17) is 0 Å². The van der Waals surface area contributed by atoms with Crippen molar-refractivity contribution >= 4 is 33.5 Å². The van der Waals surface area contributed by atoms with Gasteiger partial charge < -0.3 is 10.3 Å². The second-order valence-corrected chi connectivity index (χ2v) is 4.96. The van der Waals surface area contributed by atoms with Gasteiger partial charge in [-0.15, -0.1) is 0 Å². The first-order valence-corrected chi connectivity index (χ1v) is 6.89. The van der Waals surface area contributed by atoms with Crippen molar-refractivity contribution in [1.29, 1.82) is 0 Å². The standard InChI is InChI=1S/C17H12N4O/c22-17(11-6-7-15-16(9-11)20-10-19-15)21-14-5-1-4-13-12(14)3-2-8-18-13/h1-10H,(H,19,20)(H,21,22). The minimum Gasteiger partial charge on any atom is -0.345 e. The number of carbonyl (C=O) groups is 1. The number of imidazole rings is 1. The number of hydrogen-bond acceptors (Lipinski definition) is 3. The van der Waals surface area contributed by atoms with E-state index in [-0.39, 0.29) is 5.91 Å². The highest BCUT2D eigenvalue weighted by Gasteiger charge is 2.09. The summed E-state index contributed by atoms with van der Waals surface area (Å²) in [5.41, 5.74) is 3.86. The smallest absolute Gasteiger partial charge is 0.255 e. The van der Waals surface area contributed by atoms with E-state index in [1.165, 1.54) is 0 Å². The normalized spacial score (nSPS) is 10.9. The van der Waals surface area contributed by atoms with E-state index < -0.39 is 0 Å².